The molecular formula is C24H30N6O2. The molecule has 32 heavy (non-hydrogen) atoms. The number of hydrogen-bond donors (Lipinski definition) is 2. The molecule has 0 spiro atoms. The second-order valence-corrected chi connectivity index (χ2v) is 7.87. The topological polar surface area (TPSA) is 122 Å². The van der Waals surface area contributed by atoms with Crippen molar-refractivity contribution >= 4 is 12.2 Å². The lowest BCUT2D eigenvalue weighted by atomic mass is 10.2. The molecule has 4 N–H and O–H groups in total. The molecule has 2 aliphatic rings. The Hall–Kier alpha value is -2.93. The molecule has 4 rings (SSSR count). The Kier molecular flexibility index (Phi) is 7.85. The zero-order valence-electron chi connectivity index (χ0n) is 18.6. The van der Waals surface area contributed by atoms with Crippen LogP contribution in [0, 0.1) is 11.3 Å². The monoisotopic (exact) mass is 434 g/mol. The normalized spacial score (nSPS) is 22.2. The highest BCUT2D eigenvalue weighted by Gasteiger charge is 2.25. The number of ether oxygens (including phenoxy) is 2. The number of nitrogens with two attached hydrogens (primary N) is 2. The smallest absolute Gasteiger partial charge is 0.176 e. The van der Waals surface area contributed by atoms with Crippen molar-refractivity contribution in [3.05, 3.63) is 69.7 Å². The third kappa shape index (κ3) is 5.85. The minimum absolute atomic E-state index is 0.322. The maximum atomic E-state index is 9.17. The van der Waals surface area contributed by atoms with Crippen LogP contribution in [0.3, 0.4) is 0 Å². The predicted octanol–water partition coefficient (Wildman–Crippen LogP) is -0.676. The third-order valence-electron chi connectivity index (χ3n) is 5.30. The van der Waals surface area contributed by atoms with Crippen molar-refractivity contribution in [1.82, 2.24) is 4.90 Å². The van der Waals surface area contributed by atoms with Gasteiger partial charge in [0.25, 0.3) is 0 Å². The molecule has 8 heteroatoms. The number of rotatable bonds is 9. The second kappa shape index (κ2) is 10.6. The summed E-state index contributed by atoms with van der Waals surface area (Å²) < 4.78 is 12.1. The van der Waals surface area contributed by atoms with Crippen LogP contribution in [0.5, 0.6) is 0 Å². The molecule has 2 aliphatic heterocycles. The van der Waals surface area contributed by atoms with Gasteiger partial charge < -0.3 is 9.47 Å². The number of nitrogens with zero attached hydrogens (tertiary/aromatic N) is 4. The molecule has 2 aromatic carbocycles. The van der Waals surface area contributed by atoms with Crippen LogP contribution >= 0.6 is 0 Å². The quantitative estimate of drug-likeness (QED) is 0.306. The number of hydrogen-bond acceptors (Lipinski definition) is 8. The van der Waals surface area contributed by atoms with Crippen LogP contribution in [0.1, 0.15) is 13.8 Å². The summed E-state index contributed by atoms with van der Waals surface area (Å²) in [5, 5.41) is 13.3. The largest absolute Gasteiger partial charge is 0.349 e. The van der Waals surface area contributed by atoms with Crippen molar-refractivity contribution in [2.45, 2.75) is 25.3 Å². The van der Waals surface area contributed by atoms with Gasteiger partial charge in [0.15, 0.2) is 11.4 Å². The Bertz CT molecular complexity index is 1050. The molecule has 0 fully saturated rings. The first kappa shape index (κ1) is 23.7. The summed E-state index contributed by atoms with van der Waals surface area (Å²) >= 11 is 0. The number of benzene rings is 2. The number of para-hydroxylation sites is 2. The van der Waals surface area contributed by atoms with E-state index in [1.807, 2.05) is 79.4 Å². The van der Waals surface area contributed by atoms with Gasteiger partial charge in [-0.15, -0.1) is 0 Å². The van der Waals surface area contributed by atoms with E-state index < -0.39 is 11.4 Å². The zero-order valence-corrected chi connectivity index (χ0v) is 18.6. The number of hydrazine groups is 1. The predicted molar refractivity (Wildman–Crippen MR) is 123 cm³/mol. The highest BCUT2D eigenvalue weighted by molar-refractivity contribution is 5.38. The van der Waals surface area contributed by atoms with E-state index in [9.17, 15) is 5.26 Å². The summed E-state index contributed by atoms with van der Waals surface area (Å²) in [4.78, 5) is 11.4. The van der Waals surface area contributed by atoms with Crippen LogP contribution in [0.2, 0.25) is 0 Å². The van der Waals surface area contributed by atoms with Gasteiger partial charge >= 0.3 is 0 Å². The third-order valence-corrected chi connectivity index (χ3v) is 5.30. The maximum Gasteiger partial charge on any atom is 0.176 e. The van der Waals surface area contributed by atoms with E-state index in [1.54, 1.807) is 0 Å². The van der Waals surface area contributed by atoms with Crippen LogP contribution in [0.4, 0.5) is 0 Å². The fraction of sp³-hybridized carbons (Fsp3) is 0.375. The average Bonchev–Trinajstić information content (AvgIpc) is 3.30. The van der Waals surface area contributed by atoms with E-state index in [0.29, 0.717) is 32.8 Å². The highest BCUT2D eigenvalue weighted by Crippen LogP contribution is 2.17. The standard InChI is InChI=1S/C24H26N4O2.H4N2/c1-23(17-19-7-3-5-9-21(19)26-23)29-15-13-28(12-11-25)14-16-30-24(2)18-20-8-4-6-10-22(20)27-24;1-2/h3-10,17-18H,12-16H2,1-2H3;1-2H2. The van der Waals surface area contributed by atoms with Crippen molar-refractivity contribution in [3.63, 3.8) is 0 Å². The summed E-state index contributed by atoms with van der Waals surface area (Å²) in [6, 6.07) is 18.2. The van der Waals surface area contributed by atoms with Crippen molar-refractivity contribution in [2.24, 2.45) is 21.7 Å². The van der Waals surface area contributed by atoms with Gasteiger partial charge in [-0.1, -0.05) is 36.4 Å². The van der Waals surface area contributed by atoms with Crippen LogP contribution in [-0.2, 0) is 9.47 Å². The van der Waals surface area contributed by atoms with Gasteiger partial charge in [0.2, 0.25) is 0 Å². The van der Waals surface area contributed by atoms with Gasteiger partial charge in [-0.2, -0.15) is 5.26 Å². The lowest BCUT2D eigenvalue weighted by Crippen LogP contribution is -2.35. The van der Waals surface area contributed by atoms with Crippen molar-refractivity contribution in [2.75, 3.05) is 32.8 Å². The van der Waals surface area contributed by atoms with E-state index >= 15 is 0 Å². The lowest BCUT2D eigenvalue weighted by Gasteiger charge is -2.25. The summed E-state index contributed by atoms with van der Waals surface area (Å²) in [5.41, 5.74) is -1.31. The molecule has 0 radical (unpaired) electrons. The first-order valence-electron chi connectivity index (χ1n) is 10.5. The first-order valence-corrected chi connectivity index (χ1v) is 10.5. The Morgan fingerprint density at radius 2 is 1.28 bits per heavy atom. The average molecular weight is 435 g/mol. The molecule has 0 bridgehead atoms. The molecule has 2 aromatic rings. The highest BCUT2D eigenvalue weighted by atomic mass is 16.5. The zero-order chi connectivity index (χ0) is 23.0. The molecule has 2 heterocycles. The van der Waals surface area contributed by atoms with Gasteiger partial charge in [-0.25, -0.2) is 9.98 Å². The fourth-order valence-corrected chi connectivity index (χ4v) is 3.82. The summed E-state index contributed by atoms with van der Waals surface area (Å²) in [6.07, 6.45) is 4.08. The van der Waals surface area contributed by atoms with Crippen LogP contribution in [0.25, 0.3) is 12.2 Å². The molecule has 0 saturated carbocycles. The van der Waals surface area contributed by atoms with Crippen molar-refractivity contribution < 1.29 is 9.47 Å². The van der Waals surface area contributed by atoms with Gasteiger partial charge in [-0.3, -0.25) is 16.6 Å². The molecule has 0 amide bonds. The van der Waals surface area contributed by atoms with E-state index in [1.165, 1.54) is 0 Å². The summed E-state index contributed by atoms with van der Waals surface area (Å²) in [5.74, 6) is 8.00. The molecule has 168 valence electrons. The van der Waals surface area contributed by atoms with Gasteiger partial charge in [0.05, 0.1) is 36.5 Å². The molecule has 0 aromatic heterocycles. The molecule has 2 unspecified atom stereocenters. The number of nitriles is 1. The van der Waals surface area contributed by atoms with Gasteiger partial charge in [0, 0.05) is 23.5 Å². The van der Waals surface area contributed by atoms with Crippen LogP contribution in [0.15, 0.2) is 58.5 Å². The van der Waals surface area contributed by atoms with E-state index in [4.69, 9.17) is 9.47 Å². The second-order valence-electron chi connectivity index (χ2n) is 7.87. The molecular weight excluding hydrogens is 404 g/mol. The van der Waals surface area contributed by atoms with Gasteiger partial charge in [0.1, 0.15) is 0 Å². The first-order chi connectivity index (χ1) is 15.5. The van der Waals surface area contributed by atoms with E-state index in [-0.39, 0.29) is 0 Å². The van der Waals surface area contributed by atoms with Crippen LogP contribution in [-0.4, -0.2) is 49.2 Å². The Morgan fingerprint density at radius 3 is 1.69 bits per heavy atom. The molecule has 8 nitrogen and oxygen atoms in total. The van der Waals surface area contributed by atoms with Crippen LogP contribution < -0.4 is 32.8 Å². The number of fused-ring (bicyclic) bond motifs is 2. The fourth-order valence-electron chi connectivity index (χ4n) is 3.82. The van der Waals surface area contributed by atoms with E-state index in [2.05, 4.69) is 27.7 Å². The minimum Gasteiger partial charge on any atom is -0.349 e. The van der Waals surface area contributed by atoms with Crippen molar-refractivity contribution in [3.8, 4) is 6.07 Å². The lowest BCUT2D eigenvalue weighted by molar-refractivity contribution is -0.00613. The van der Waals surface area contributed by atoms with Crippen molar-refractivity contribution in [1.29, 1.82) is 5.26 Å². The Morgan fingerprint density at radius 1 is 0.844 bits per heavy atom. The Labute approximate surface area is 187 Å². The SMILES string of the molecule is CC1(OCCN(CC#N)CCOC2(C)C=c3ccccc3=N2)C=c2ccccc2=N1.NN. The minimum atomic E-state index is -0.657. The Balaban J connectivity index is 0.00000141. The molecule has 2 atom stereocenters. The maximum absolute atomic E-state index is 9.17. The summed E-state index contributed by atoms with van der Waals surface area (Å²) in [6.45, 7) is 6.45. The summed E-state index contributed by atoms with van der Waals surface area (Å²) in [7, 11) is 0. The van der Waals surface area contributed by atoms with E-state index in [0.717, 1.165) is 21.2 Å². The van der Waals surface area contributed by atoms with Gasteiger partial charge in [-0.05, 0) is 38.1 Å². The molecule has 0 saturated heterocycles. The molecule has 0 aliphatic carbocycles.